The molecule has 1 aliphatic heterocycles. The summed E-state index contributed by atoms with van der Waals surface area (Å²) in [6.45, 7) is 2.03. The van der Waals surface area contributed by atoms with Crippen LogP contribution in [0.3, 0.4) is 0 Å². The standard InChI is InChI=1S/C29H36N4O3.ClH/c34-18-15-29(36)14-8-7-13-25(29)33-21-31-26(27(33)23-11-5-2-6-12-23)28(35)32-17-16-30-20-24(32)19-22-9-3-1-4-10-22;/h1-6,9-12,21,24-25,30,34,36H,7-8,13-20H2;1H/t24-,25+,29?;/m1./s1. The van der Waals surface area contributed by atoms with Crippen LogP contribution in [-0.2, 0) is 6.42 Å². The molecule has 2 heterocycles. The van der Waals surface area contributed by atoms with E-state index in [0.29, 0.717) is 25.1 Å². The van der Waals surface area contributed by atoms with E-state index in [0.717, 1.165) is 50.0 Å². The fraction of sp³-hybridized carbons (Fsp3) is 0.448. The van der Waals surface area contributed by atoms with Crippen molar-refractivity contribution in [2.24, 2.45) is 0 Å². The summed E-state index contributed by atoms with van der Waals surface area (Å²) in [5, 5.41) is 24.7. The van der Waals surface area contributed by atoms with E-state index in [-0.39, 0.29) is 37.0 Å². The fourth-order valence-corrected chi connectivity index (χ4v) is 5.96. The van der Waals surface area contributed by atoms with Crippen LogP contribution in [0, 0.1) is 0 Å². The summed E-state index contributed by atoms with van der Waals surface area (Å²) in [6.07, 6.45) is 6.14. The molecule has 1 saturated heterocycles. The molecule has 8 heteroatoms. The first-order valence-electron chi connectivity index (χ1n) is 13.1. The molecular formula is C29H37ClN4O3. The third-order valence-corrected chi connectivity index (χ3v) is 7.81. The van der Waals surface area contributed by atoms with Gasteiger partial charge in [-0.3, -0.25) is 4.79 Å². The number of nitrogens with zero attached hydrogens (tertiary/aromatic N) is 3. The van der Waals surface area contributed by atoms with Crippen LogP contribution in [0.25, 0.3) is 11.3 Å². The minimum atomic E-state index is -1.03. The van der Waals surface area contributed by atoms with Crippen LogP contribution in [0.2, 0.25) is 0 Å². The number of carbonyl (C=O) groups is 1. The number of amides is 1. The molecule has 1 unspecified atom stereocenters. The Kier molecular flexibility index (Phi) is 9.03. The van der Waals surface area contributed by atoms with Gasteiger partial charge in [-0.05, 0) is 24.8 Å². The maximum atomic E-state index is 14.1. The van der Waals surface area contributed by atoms with E-state index in [9.17, 15) is 15.0 Å². The Hall–Kier alpha value is -2.71. The number of nitrogens with one attached hydrogen (secondary N) is 1. The van der Waals surface area contributed by atoms with Gasteiger partial charge in [0.15, 0.2) is 5.69 Å². The molecule has 3 N–H and O–H groups in total. The lowest BCUT2D eigenvalue weighted by Gasteiger charge is -2.41. The summed E-state index contributed by atoms with van der Waals surface area (Å²) in [6, 6.07) is 19.9. The van der Waals surface area contributed by atoms with Gasteiger partial charge >= 0.3 is 0 Å². The molecular weight excluding hydrogens is 488 g/mol. The van der Waals surface area contributed by atoms with Crippen molar-refractivity contribution >= 4 is 18.3 Å². The van der Waals surface area contributed by atoms with Crippen LogP contribution in [0.4, 0.5) is 0 Å². The molecule has 1 aromatic heterocycles. The first-order valence-corrected chi connectivity index (χ1v) is 13.1. The molecule has 1 aliphatic carbocycles. The minimum Gasteiger partial charge on any atom is -0.396 e. The number of aliphatic hydroxyl groups excluding tert-OH is 1. The molecule has 2 fully saturated rings. The highest BCUT2D eigenvalue weighted by Gasteiger charge is 2.42. The third kappa shape index (κ3) is 5.75. The van der Waals surface area contributed by atoms with E-state index in [1.54, 1.807) is 6.33 Å². The van der Waals surface area contributed by atoms with E-state index in [2.05, 4.69) is 22.4 Å². The zero-order valence-corrected chi connectivity index (χ0v) is 21.9. The monoisotopic (exact) mass is 524 g/mol. The van der Waals surface area contributed by atoms with Crippen molar-refractivity contribution in [1.82, 2.24) is 19.8 Å². The van der Waals surface area contributed by atoms with Crippen LogP contribution in [0.5, 0.6) is 0 Å². The lowest BCUT2D eigenvalue weighted by atomic mass is 9.78. The molecule has 2 aromatic carbocycles. The predicted molar refractivity (Wildman–Crippen MR) is 147 cm³/mol. The Balaban J connectivity index is 0.00000320. The topological polar surface area (TPSA) is 90.6 Å². The Morgan fingerprint density at radius 1 is 1.08 bits per heavy atom. The van der Waals surface area contributed by atoms with Crippen molar-refractivity contribution in [2.45, 2.75) is 56.2 Å². The number of hydrogen-bond acceptors (Lipinski definition) is 5. The second-order valence-corrected chi connectivity index (χ2v) is 10.1. The van der Waals surface area contributed by atoms with E-state index in [4.69, 9.17) is 0 Å². The van der Waals surface area contributed by atoms with Crippen molar-refractivity contribution in [3.63, 3.8) is 0 Å². The first kappa shape index (κ1) is 27.3. The maximum Gasteiger partial charge on any atom is 0.275 e. The van der Waals surface area contributed by atoms with Gasteiger partial charge < -0.3 is 25.0 Å². The smallest absolute Gasteiger partial charge is 0.275 e. The number of halogens is 1. The number of aliphatic hydroxyl groups is 2. The number of rotatable bonds is 7. The van der Waals surface area contributed by atoms with Crippen molar-refractivity contribution in [2.75, 3.05) is 26.2 Å². The van der Waals surface area contributed by atoms with E-state index < -0.39 is 5.60 Å². The van der Waals surface area contributed by atoms with Gasteiger partial charge in [0.05, 0.1) is 23.7 Å². The molecule has 0 spiro atoms. The molecule has 1 saturated carbocycles. The van der Waals surface area contributed by atoms with Crippen molar-refractivity contribution < 1.29 is 15.0 Å². The van der Waals surface area contributed by atoms with Crippen molar-refractivity contribution in [3.05, 3.63) is 78.2 Å². The van der Waals surface area contributed by atoms with Gasteiger partial charge in [0, 0.05) is 44.3 Å². The molecule has 198 valence electrons. The van der Waals surface area contributed by atoms with Crippen molar-refractivity contribution in [3.8, 4) is 11.3 Å². The molecule has 7 nitrogen and oxygen atoms in total. The van der Waals surface area contributed by atoms with E-state index in [1.165, 1.54) is 5.56 Å². The normalized spacial score (nSPS) is 23.9. The highest BCUT2D eigenvalue weighted by molar-refractivity contribution is 5.98. The van der Waals surface area contributed by atoms with Gasteiger partial charge in [0.2, 0.25) is 0 Å². The molecule has 0 radical (unpaired) electrons. The van der Waals surface area contributed by atoms with Crippen LogP contribution >= 0.6 is 12.4 Å². The molecule has 1 amide bonds. The zero-order chi connectivity index (χ0) is 25.0. The summed E-state index contributed by atoms with van der Waals surface area (Å²) >= 11 is 0. The number of imidazole rings is 1. The molecule has 3 aromatic rings. The largest absolute Gasteiger partial charge is 0.396 e. The Morgan fingerprint density at radius 2 is 1.81 bits per heavy atom. The second kappa shape index (κ2) is 12.2. The number of carbonyl (C=O) groups excluding carboxylic acids is 1. The van der Waals surface area contributed by atoms with Crippen LogP contribution in [0.1, 0.15) is 54.2 Å². The van der Waals surface area contributed by atoms with Crippen LogP contribution in [0.15, 0.2) is 67.0 Å². The highest BCUT2D eigenvalue weighted by Crippen LogP contribution is 2.42. The molecule has 5 rings (SSSR count). The van der Waals surface area contributed by atoms with E-state index in [1.807, 2.05) is 58.0 Å². The van der Waals surface area contributed by atoms with Gasteiger partial charge in [-0.2, -0.15) is 0 Å². The molecule has 37 heavy (non-hydrogen) atoms. The molecule has 3 atom stereocenters. The van der Waals surface area contributed by atoms with Crippen molar-refractivity contribution in [1.29, 1.82) is 0 Å². The summed E-state index contributed by atoms with van der Waals surface area (Å²) in [4.78, 5) is 20.7. The second-order valence-electron chi connectivity index (χ2n) is 10.1. The minimum absolute atomic E-state index is 0. The summed E-state index contributed by atoms with van der Waals surface area (Å²) < 4.78 is 2.01. The average molecular weight is 525 g/mol. The van der Waals surface area contributed by atoms with Gasteiger partial charge in [0.25, 0.3) is 5.91 Å². The Morgan fingerprint density at radius 3 is 2.54 bits per heavy atom. The average Bonchev–Trinajstić information content (AvgIpc) is 3.35. The number of hydrogen-bond donors (Lipinski definition) is 3. The SMILES string of the molecule is Cl.O=C(c1ncn([C@H]2CCCCC2(O)CCO)c1-c1ccccc1)N1CCNC[C@H]1Cc1ccccc1. The Bertz CT molecular complexity index is 1150. The Labute approximate surface area is 224 Å². The van der Waals surface area contributed by atoms with Gasteiger partial charge in [-0.15, -0.1) is 12.4 Å². The summed E-state index contributed by atoms with van der Waals surface area (Å²) in [5.41, 5.74) is 2.26. The zero-order valence-electron chi connectivity index (χ0n) is 21.1. The van der Waals surface area contributed by atoms with Crippen LogP contribution < -0.4 is 5.32 Å². The first-order chi connectivity index (χ1) is 17.6. The molecule has 2 aliphatic rings. The lowest BCUT2D eigenvalue weighted by Crippen LogP contribution is -2.54. The predicted octanol–water partition coefficient (Wildman–Crippen LogP) is 3.86. The number of benzene rings is 2. The fourth-order valence-electron chi connectivity index (χ4n) is 5.96. The van der Waals surface area contributed by atoms with Gasteiger partial charge in [-0.1, -0.05) is 73.5 Å². The van der Waals surface area contributed by atoms with Gasteiger partial charge in [-0.25, -0.2) is 4.98 Å². The summed E-state index contributed by atoms with van der Waals surface area (Å²) in [5.74, 6) is -0.0726. The van der Waals surface area contributed by atoms with Gasteiger partial charge in [0.1, 0.15) is 0 Å². The van der Waals surface area contributed by atoms with Crippen LogP contribution in [-0.4, -0.2) is 68.5 Å². The van der Waals surface area contributed by atoms with E-state index >= 15 is 0 Å². The quantitative estimate of drug-likeness (QED) is 0.436. The summed E-state index contributed by atoms with van der Waals surface area (Å²) in [7, 11) is 0. The lowest BCUT2D eigenvalue weighted by molar-refractivity contribution is -0.0570. The maximum absolute atomic E-state index is 14.1. The number of aromatic nitrogens is 2. The third-order valence-electron chi connectivity index (χ3n) is 7.81. The number of piperazine rings is 1. The highest BCUT2D eigenvalue weighted by atomic mass is 35.5. The molecule has 0 bridgehead atoms.